The molecule has 10 heteroatoms. The fraction of sp³-hybridized carbons (Fsp3) is 0.294. The van der Waals surface area contributed by atoms with Gasteiger partial charge in [-0.3, -0.25) is 0 Å². The number of hydrogen-bond donors (Lipinski definition) is 1. The number of para-hydroxylation sites is 1. The zero-order chi connectivity index (χ0) is 19.0. The molecule has 1 aliphatic rings. The van der Waals surface area contributed by atoms with Gasteiger partial charge in [0.15, 0.2) is 8.30 Å². The number of rotatable bonds is 4. The molecule has 0 saturated carbocycles. The second-order valence-corrected chi connectivity index (χ2v) is 9.87. The molecular weight excluding hydrogens is 385 g/mol. The van der Waals surface area contributed by atoms with Gasteiger partial charge >= 0.3 is 0 Å². The van der Waals surface area contributed by atoms with Crippen molar-refractivity contribution in [3.8, 4) is 0 Å². The molecule has 0 radical (unpaired) electrons. The van der Waals surface area contributed by atoms with Gasteiger partial charge in [0.1, 0.15) is 5.52 Å². The highest BCUT2D eigenvalue weighted by atomic mass is 32.2. The van der Waals surface area contributed by atoms with E-state index in [1.807, 2.05) is 31.3 Å². The van der Waals surface area contributed by atoms with E-state index in [1.165, 1.54) is 8.76 Å². The van der Waals surface area contributed by atoms with E-state index < -0.39 is 18.3 Å². The molecule has 1 aromatic heterocycles. The Morgan fingerprint density at radius 1 is 1.00 bits per heavy atom. The third-order valence-corrected chi connectivity index (χ3v) is 8.01. The highest BCUT2D eigenvalue weighted by Gasteiger charge is 2.27. The van der Waals surface area contributed by atoms with Gasteiger partial charge < -0.3 is 9.79 Å². The lowest BCUT2D eigenvalue weighted by Crippen LogP contribution is -2.47. The maximum absolute atomic E-state index is 12.8. The van der Waals surface area contributed by atoms with Crippen molar-refractivity contribution < 1.29 is 13.3 Å². The molecule has 0 spiro atoms. The smallest absolute Gasteiger partial charge is 0.243 e. The lowest BCUT2D eigenvalue weighted by atomic mass is 10.3. The van der Waals surface area contributed by atoms with Crippen LogP contribution in [0.25, 0.3) is 11.0 Å². The molecule has 1 fully saturated rings. The van der Waals surface area contributed by atoms with Crippen molar-refractivity contribution in [2.24, 2.45) is 0 Å². The Hall–Kier alpha value is -1.90. The van der Waals surface area contributed by atoms with Crippen molar-refractivity contribution in [2.45, 2.75) is 4.90 Å². The average molecular weight is 405 g/mol. The van der Waals surface area contributed by atoms with Crippen LogP contribution >= 0.6 is 8.30 Å². The minimum Gasteiger partial charge on any atom is -0.350 e. The Labute approximate surface area is 159 Å². The molecule has 142 valence electrons. The first-order chi connectivity index (χ1) is 13.0. The van der Waals surface area contributed by atoms with E-state index >= 15 is 0 Å². The summed E-state index contributed by atoms with van der Waals surface area (Å²) in [5.74, 6) is 0. The van der Waals surface area contributed by atoms with Crippen molar-refractivity contribution in [1.82, 2.24) is 24.0 Å². The van der Waals surface area contributed by atoms with Crippen molar-refractivity contribution >= 4 is 34.7 Å². The molecule has 2 aromatic carbocycles. The predicted molar refractivity (Wildman–Crippen MR) is 104 cm³/mol. The Bertz CT molecular complexity index is 1050. The number of sulfonamides is 1. The van der Waals surface area contributed by atoms with E-state index in [4.69, 9.17) is 0 Å². The SMILES string of the molecule is CN1CCN(S(=O)(=O)c2ccc(P(O)n3nnc4ccccc43)cc2)CC1. The summed E-state index contributed by atoms with van der Waals surface area (Å²) < 4.78 is 28.6. The Morgan fingerprint density at radius 3 is 2.37 bits per heavy atom. The van der Waals surface area contributed by atoms with Gasteiger partial charge in [-0.15, -0.1) is 5.10 Å². The fourth-order valence-corrected chi connectivity index (χ4v) is 5.58. The van der Waals surface area contributed by atoms with E-state index in [0.29, 0.717) is 23.9 Å². The highest BCUT2D eigenvalue weighted by molar-refractivity contribution is 7.89. The van der Waals surface area contributed by atoms with Crippen LogP contribution in [0.15, 0.2) is 53.4 Å². The van der Waals surface area contributed by atoms with Gasteiger partial charge in [-0.2, -0.15) is 8.76 Å². The van der Waals surface area contributed by atoms with Crippen LogP contribution in [-0.2, 0) is 10.0 Å². The molecule has 1 unspecified atom stereocenters. The van der Waals surface area contributed by atoms with Gasteiger partial charge in [0.05, 0.1) is 10.4 Å². The zero-order valence-electron chi connectivity index (χ0n) is 14.8. The summed E-state index contributed by atoms with van der Waals surface area (Å²) in [6, 6.07) is 13.8. The summed E-state index contributed by atoms with van der Waals surface area (Å²) in [6.45, 7) is 2.41. The molecule has 27 heavy (non-hydrogen) atoms. The highest BCUT2D eigenvalue weighted by Crippen LogP contribution is 2.33. The molecule has 1 N–H and O–H groups in total. The lowest BCUT2D eigenvalue weighted by molar-refractivity contribution is 0.222. The monoisotopic (exact) mass is 405 g/mol. The van der Waals surface area contributed by atoms with E-state index in [9.17, 15) is 13.3 Å². The van der Waals surface area contributed by atoms with Crippen LogP contribution < -0.4 is 5.30 Å². The quantitative estimate of drug-likeness (QED) is 0.647. The van der Waals surface area contributed by atoms with Crippen molar-refractivity contribution in [1.29, 1.82) is 0 Å². The standard InChI is InChI=1S/C17H20N5O3PS/c1-20-10-12-21(13-11-20)27(24,25)15-8-6-14(7-9-15)26(23)22-17-5-3-2-4-16(17)18-19-22/h2-9,23H,10-13H2,1H3. The molecule has 0 aliphatic carbocycles. The third-order valence-electron chi connectivity index (χ3n) is 4.68. The van der Waals surface area contributed by atoms with E-state index in [-0.39, 0.29) is 4.90 Å². The van der Waals surface area contributed by atoms with Crippen LogP contribution in [0.5, 0.6) is 0 Å². The van der Waals surface area contributed by atoms with Crippen LogP contribution in [0.4, 0.5) is 0 Å². The molecule has 0 bridgehead atoms. The average Bonchev–Trinajstić information content (AvgIpc) is 3.12. The topological polar surface area (TPSA) is 91.6 Å². The van der Waals surface area contributed by atoms with E-state index in [2.05, 4.69) is 15.2 Å². The lowest BCUT2D eigenvalue weighted by Gasteiger charge is -2.31. The molecule has 1 saturated heterocycles. The van der Waals surface area contributed by atoms with Crippen LogP contribution in [0.3, 0.4) is 0 Å². The number of nitrogens with zero attached hydrogens (tertiary/aromatic N) is 5. The van der Waals surface area contributed by atoms with Gasteiger partial charge in [-0.05, 0) is 43.4 Å². The number of aromatic nitrogens is 3. The van der Waals surface area contributed by atoms with Crippen molar-refractivity contribution in [3.05, 3.63) is 48.5 Å². The molecule has 8 nitrogen and oxygen atoms in total. The zero-order valence-corrected chi connectivity index (χ0v) is 16.5. The molecule has 2 heterocycles. The molecule has 1 atom stereocenters. The molecular formula is C17H20N5O3PS. The summed E-state index contributed by atoms with van der Waals surface area (Å²) in [4.78, 5) is 13.1. The molecule has 0 amide bonds. The van der Waals surface area contributed by atoms with Crippen molar-refractivity contribution in [3.63, 3.8) is 0 Å². The number of fused-ring (bicyclic) bond motifs is 1. The molecule has 4 rings (SSSR count). The first kappa shape index (κ1) is 18.5. The van der Waals surface area contributed by atoms with Crippen LogP contribution in [-0.4, -0.2) is 70.5 Å². The first-order valence-electron chi connectivity index (χ1n) is 8.55. The van der Waals surface area contributed by atoms with Gasteiger partial charge in [-0.1, -0.05) is 17.3 Å². The third kappa shape index (κ3) is 3.49. The minimum absolute atomic E-state index is 0.239. The summed E-state index contributed by atoms with van der Waals surface area (Å²) in [5.41, 5.74) is 1.44. The minimum atomic E-state index is -3.52. The Balaban J connectivity index is 1.58. The predicted octanol–water partition coefficient (Wildman–Crippen LogP) is 0.845. The normalized spacial score (nSPS) is 18.0. The van der Waals surface area contributed by atoms with Crippen LogP contribution in [0.1, 0.15) is 0 Å². The summed E-state index contributed by atoms with van der Waals surface area (Å²) in [5, 5.41) is 8.70. The number of hydrogen-bond acceptors (Lipinski definition) is 6. The maximum Gasteiger partial charge on any atom is 0.243 e. The van der Waals surface area contributed by atoms with Gasteiger partial charge in [0.25, 0.3) is 0 Å². The number of piperazine rings is 1. The largest absolute Gasteiger partial charge is 0.350 e. The van der Waals surface area contributed by atoms with Crippen molar-refractivity contribution in [2.75, 3.05) is 33.2 Å². The summed E-state index contributed by atoms with van der Waals surface area (Å²) in [7, 11) is -3.31. The second-order valence-electron chi connectivity index (χ2n) is 6.46. The fourth-order valence-electron chi connectivity index (χ4n) is 3.03. The molecule has 1 aliphatic heterocycles. The van der Waals surface area contributed by atoms with Gasteiger partial charge in [0, 0.05) is 31.5 Å². The van der Waals surface area contributed by atoms with Gasteiger partial charge in [0.2, 0.25) is 10.0 Å². The van der Waals surface area contributed by atoms with E-state index in [1.54, 1.807) is 24.3 Å². The maximum atomic E-state index is 12.8. The Morgan fingerprint density at radius 2 is 1.67 bits per heavy atom. The summed E-state index contributed by atoms with van der Waals surface area (Å²) >= 11 is 0. The van der Waals surface area contributed by atoms with Gasteiger partial charge in [-0.25, -0.2) is 8.42 Å². The molecule has 3 aromatic rings. The Kier molecular flexibility index (Phi) is 4.96. The van der Waals surface area contributed by atoms with E-state index in [0.717, 1.165) is 18.6 Å². The first-order valence-corrected chi connectivity index (χ1v) is 11.2. The second kappa shape index (κ2) is 7.26. The number of likely N-dealkylation sites (N-methyl/N-ethyl adjacent to an activating group) is 1. The number of benzene rings is 2. The van der Waals surface area contributed by atoms with Crippen LogP contribution in [0.2, 0.25) is 0 Å². The van der Waals surface area contributed by atoms with Crippen LogP contribution in [0, 0.1) is 0 Å². The summed E-state index contributed by atoms with van der Waals surface area (Å²) in [6.07, 6.45) is 0.